The largest absolute Gasteiger partial charge is 0.417 e. The van der Waals surface area contributed by atoms with Gasteiger partial charge in [-0.2, -0.15) is 13.2 Å². The zero-order valence-electron chi connectivity index (χ0n) is 8.83. The molecule has 0 N–H and O–H groups in total. The van der Waals surface area contributed by atoms with Gasteiger partial charge in [-0.25, -0.2) is 0 Å². The minimum Gasteiger partial charge on any atom is -0.307 e. The van der Waals surface area contributed by atoms with Crippen LogP contribution < -0.4 is 5.56 Å². The van der Waals surface area contributed by atoms with E-state index in [1.54, 1.807) is 0 Å². The second-order valence-electron chi connectivity index (χ2n) is 4.12. The maximum atomic E-state index is 12.4. The van der Waals surface area contributed by atoms with Gasteiger partial charge < -0.3 is 4.57 Å². The lowest BCUT2D eigenvalue weighted by Crippen LogP contribution is -2.25. The van der Waals surface area contributed by atoms with Crippen molar-refractivity contribution in [2.24, 2.45) is 5.92 Å². The van der Waals surface area contributed by atoms with Crippen molar-refractivity contribution in [1.82, 2.24) is 4.57 Å². The normalized spacial score (nSPS) is 15.9. The fourth-order valence-electron chi connectivity index (χ4n) is 1.52. The summed E-state index contributed by atoms with van der Waals surface area (Å²) < 4.78 is 38.0. The summed E-state index contributed by atoms with van der Waals surface area (Å²) >= 11 is 0. The van der Waals surface area contributed by atoms with Crippen LogP contribution in [-0.4, -0.2) is 10.4 Å². The first-order valence-corrected chi connectivity index (χ1v) is 5.18. The fraction of sp³-hybridized carbons (Fsp3) is 0.455. The van der Waals surface area contributed by atoms with Gasteiger partial charge in [0, 0.05) is 18.2 Å². The van der Waals surface area contributed by atoms with Crippen molar-refractivity contribution in [2.45, 2.75) is 25.6 Å². The zero-order chi connectivity index (χ0) is 12.6. The summed E-state index contributed by atoms with van der Waals surface area (Å²) in [5.74, 6) is -0.247. The van der Waals surface area contributed by atoms with E-state index in [0.717, 1.165) is 29.5 Å². The van der Waals surface area contributed by atoms with Gasteiger partial charge in [0.25, 0.3) is 5.56 Å². The van der Waals surface area contributed by atoms with E-state index in [0.29, 0.717) is 6.20 Å². The van der Waals surface area contributed by atoms with Crippen molar-refractivity contribution in [1.29, 1.82) is 0 Å². The van der Waals surface area contributed by atoms with Crippen LogP contribution in [0.3, 0.4) is 0 Å². The van der Waals surface area contributed by atoms with Gasteiger partial charge in [0.2, 0.25) is 0 Å². The Kier molecular flexibility index (Phi) is 2.81. The van der Waals surface area contributed by atoms with Crippen LogP contribution in [0.5, 0.6) is 0 Å². The van der Waals surface area contributed by atoms with E-state index in [9.17, 15) is 22.8 Å². The van der Waals surface area contributed by atoms with Gasteiger partial charge in [-0.15, -0.1) is 0 Å². The number of pyridine rings is 1. The summed E-state index contributed by atoms with van der Waals surface area (Å²) in [6.45, 7) is -0.270. The highest BCUT2D eigenvalue weighted by Gasteiger charge is 2.32. The molecular formula is C11H10F3NO2. The Morgan fingerprint density at radius 2 is 2.00 bits per heavy atom. The van der Waals surface area contributed by atoms with Crippen LogP contribution in [0.25, 0.3) is 0 Å². The number of carbonyl (C=O) groups excluding carboxylic acids is 1. The van der Waals surface area contributed by atoms with Crippen molar-refractivity contribution in [3.05, 3.63) is 34.2 Å². The molecule has 0 bridgehead atoms. The van der Waals surface area contributed by atoms with Gasteiger partial charge >= 0.3 is 6.18 Å². The molecule has 3 nitrogen and oxygen atoms in total. The number of Topliss-reactive ketones (excluding diaryl/α,β-unsaturated/α-hetero) is 1. The van der Waals surface area contributed by atoms with E-state index >= 15 is 0 Å². The van der Waals surface area contributed by atoms with Crippen LogP contribution >= 0.6 is 0 Å². The van der Waals surface area contributed by atoms with Crippen LogP contribution in [0.4, 0.5) is 13.2 Å². The lowest BCUT2D eigenvalue weighted by Gasteiger charge is -2.09. The average Bonchev–Trinajstić information content (AvgIpc) is 3.02. The Morgan fingerprint density at radius 1 is 1.35 bits per heavy atom. The van der Waals surface area contributed by atoms with Crippen molar-refractivity contribution in [3.8, 4) is 0 Å². The number of halogens is 3. The van der Waals surface area contributed by atoms with Crippen LogP contribution in [0.15, 0.2) is 23.1 Å². The zero-order valence-corrected chi connectivity index (χ0v) is 8.83. The van der Waals surface area contributed by atoms with Gasteiger partial charge in [-0.3, -0.25) is 9.59 Å². The predicted molar refractivity (Wildman–Crippen MR) is 53.4 cm³/mol. The van der Waals surface area contributed by atoms with Crippen LogP contribution in [0.2, 0.25) is 0 Å². The highest BCUT2D eigenvalue weighted by atomic mass is 19.4. The van der Waals surface area contributed by atoms with E-state index in [2.05, 4.69) is 0 Å². The van der Waals surface area contributed by atoms with E-state index in [4.69, 9.17) is 0 Å². The Labute approximate surface area is 94.9 Å². The molecule has 0 atom stereocenters. The second-order valence-corrected chi connectivity index (χ2v) is 4.12. The predicted octanol–water partition coefficient (Wildman–Crippen LogP) is 1.85. The second kappa shape index (κ2) is 4.01. The highest BCUT2D eigenvalue weighted by molar-refractivity contribution is 5.82. The molecule has 17 heavy (non-hydrogen) atoms. The summed E-state index contributed by atoms with van der Waals surface area (Å²) in [4.78, 5) is 22.8. The molecule has 0 radical (unpaired) electrons. The Bertz CT molecular complexity index is 500. The molecule has 0 saturated heterocycles. The third kappa shape index (κ3) is 2.75. The molecular weight excluding hydrogens is 235 g/mol. The minimum atomic E-state index is -4.50. The lowest BCUT2D eigenvalue weighted by atomic mass is 10.2. The maximum Gasteiger partial charge on any atom is 0.417 e. The van der Waals surface area contributed by atoms with Crippen molar-refractivity contribution in [2.75, 3.05) is 0 Å². The standard InChI is InChI=1S/C11H10F3NO2/c12-11(13,14)8-3-4-10(17)15(5-8)6-9(16)7-1-2-7/h3-5,7H,1-2,6H2. The molecule has 0 unspecified atom stereocenters. The summed E-state index contributed by atoms with van der Waals surface area (Å²) in [6.07, 6.45) is -2.26. The Morgan fingerprint density at radius 3 is 2.53 bits per heavy atom. The quantitative estimate of drug-likeness (QED) is 0.815. The van der Waals surface area contributed by atoms with Gasteiger partial charge in [0.15, 0.2) is 5.78 Å². The number of aromatic nitrogens is 1. The molecule has 1 fully saturated rings. The van der Waals surface area contributed by atoms with E-state index in [-0.39, 0.29) is 18.2 Å². The first kappa shape index (κ1) is 11.9. The number of rotatable bonds is 3. The number of ketones is 1. The average molecular weight is 245 g/mol. The van der Waals surface area contributed by atoms with Gasteiger partial charge in [0.05, 0.1) is 12.1 Å². The number of nitrogens with zero attached hydrogens (tertiary/aromatic N) is 1. The fourth-order valence-corrected chi connectivity index (χ4v) is 1.52. The molecule has 0 spiro atoms. The van der Waals surface area contributed by atoms with Crippen LogP contribution in [0, 0.1) is 5.92 Å². The third-order valence-corrected chi connectivity index (χ3v) is 2.67. The molecule has 0 amide bonds. The Hall–Kier alpha value is -1.59. The Balaban J connectivity index is 2.26. The SMILES string of the molecule is O=C(Cn1cc(C(F)(F)F)ccc1=O)C1CC1. The molecule has 1 saturated carbocycles. The molecule has 1 aliphatic rings. The maximum absolute atomic E-state index is 12.4. The summed E-state index contributed by atoms with van der Waals surface area (Å²) in [7, 11) is 0. The van der Waals surface area contributed by atoms with Crippen molar-refractivity contribution < 1.29 is 18.0 Å². The summed E-state index contributed by atoms with van der Waals surface area (Å²) in [6, 6.07) is 1.56. The van der Waals surface area contributed by atoms with E-state index < -0.39 is 17.3 Å². The molecule has 1 aromatic heterocycles. The van der Waals surface area contributed by atoms with Crippen molar-refractivity contribution in [3.63, 3.8) is 0 Å². The van der Waals surface area contributed by atoms with Gasteiger partial charge in [-0.05, 0) is 18.9 Å². The topological polar surface area (TPSA) is 39.1 Å². The molecule has 6 heteroatoms. The third-order valence-electron chi connectivity index (χ3n) is 2.67. The van der Waals surface area contributed by atoms with E-state index in [1.165, 1.54) is 0 Å². The first-order chi connectivity index (χ1) is 7.88. The minimum absolute atomic E-state index is 0.0727. The van der Waals surface area contributed by atoms with Crippen molar-refractivity contribution >= 4 is 5.78 Å². The number of carbonyl (C=O) groups is 1. The van der Waals surface area contributed by atoms with Crippen LogP contribution in [-0.2, 0) is 17.5 Å². The van der Waals surface area contributed by atoms with Gasteiger partial charge in [0.1, 0.15) is 0 Å². The smallest absolute Gasteiger partial charge is 0.307 e. The summed E-state index contributed by atoms with van der Waals surface area (Å²) in [5.41, 5.74) is -1.51. The number of hydrogen-bond donors (Lipinski definition) is 0. The summed E-state index contributed by atoms with van der Waals surface area (Å²) in [5, 5.41) is 0. The molecule has 1 aromatic rings. The number of alkyl halides is 3. The molecule has 0 aliphatic heterocycles. The van der Waals surface area contributed by atoms with Crippen LogP contribution in [0.1, 0.15) is 18.4 Å². The molecule has 1 heterocycles. The monoisotopic (exact) mass is 245 g/mol. The van der Waals surface area contributed by atoms with Gasteiger partial charge in [-0.1, -0.05) is 0 Å². The van der Waals surface area contributed by atoms with E-state index in [1.807, 2.05) is 0 Å². The first-order valence-electron chi connectivity index (χ1n) is 5.18. The molecule has 2 rings (SSSR count). The molecule has 1 aliphatic carbocycles. The molecule has 92 valence electrons. The lowest BCUT2D eigenvalue weighted by molar-refractivity contribution is -0.138. The molecule has 0 aromatic carbocycles. The highest BCUT2D eigenvalue weighted by Crippen LogP contribution is 2.31. The number of hydrogen-bond acceptors (Lipinski definition) is 2.